The highest BCUT2D eigenvalue weighted by atomic mass is 16.6. The molecule has 0 fully saturated rings. The first kappa shape index (κ1) is 20.2. The van der Waals surface area contributed by atoms with Gasteiger partial charge >= 0.3 is 5.97 Å². The number of aromatic nitrogens is 2. The van der Waals surface area contributed by atoms with E-state index in [2.05, 4.69) is 20.6 Å². The number of carbonyl (C=O) groups is 3. The molecular weight excluding hydrogens is 348 g/mol. The van der Waals surface area contributed by atoms with Crippen molar-refractivity contribution < 1.29 is 19.1 Å². The molecule has 0 aliphatic carbocycles. The summed E-state index contributed by atoms with van der Waals surface area (Å²) < 4.78 is 5.43. The number of H-pyrrole nitrogens is 1. The van der Waals surface area contributed by atoms with E-state index in [1.165, 1.54) is 13.4 Å². The van der Waals surface area contributed by atoms with Crippen molar-refractivity contribution in [3.63, 3.8) is 0 Å². The SMILES string of the molecule is CNC(=O)c1[nH]cnc1C(=O)N[C@@H](Cc1ccccc1)C(=O)OC(C)(C)C. The summed E-state index contributed by atoms with van der Waals surface area (Å²) >= 11 is 0. The Bertz CT molecular complexity index is 809. The predicted molar refractivity (Wildman–Crippen MR) is 99.2 cm³/mol. The van der Waals surface area contributed by atoms with Crippen molar-refractivity contribution in [2.75, 3.05) is 7.05 Å². The van der Waals surface area contributed by atoms with E-state index < -0.39 is 29.4 Å². The van der Waals surface area contributed by atoms with E-state index in [0.29, 0.717) is 0 Å². The van der Waals surface area contributed by atoms with Crippen LogP contribution in [0.5, 0.6) is 0 Å². The third-order valence-electron chi connectivity index (χ3n) is 3.59. The molecule has 27 heavy (non-hydrogen) atoms. The van der Waals surface area contributed by atoms with Crippen molar-refractivity contribution in [2.45, 2.75) is 38.8 Å². The molecular formula is C19H24N4O4. The molecule has 8 nitrogen and oxygen atoms in total. The predicted octanol–water partition coefficient (Wildman–Crippen LogP) is 1.45. The smallest absolute Gasteiger partial charge is 0.329 e. The summed E-state index contributed by atoms with van der Waals surface area (Å²) in [5.74, 6) is -1.67. The summed E-state index contributed by atoms with van der Waals surface area (Å²) in [5.41, 5.74) is 0.104. The number of ether oxygens (including phenoxy) is 1. The zero-order chi connectivity index (χ0) is 20.0. The number of amides is 2. The summed E-state index contributed by atoms with van der Waals surface area (Å²) in [6.45, 7) is 5.26. The van der Waals surface area contributed by atoms with Gasteiger partial charge in [0.1, 0.15) is 17.3 Å². The van der Waals surface area contributed by atoms with Crippen LogP contribution in [-0.4, -0.2) is 46.4 Å². The van der Waals surface area contributed by atoms with Gasteiger partial charge in [0.2, 0.25) is 0 Å². The number of hydrogen-bond donors (Lipinski definition) is 3. The van der Waals surface area contributed by atoms with Crippen LogP contribution in [0.25, 0.3) is 0 Å². The first-order valence-electron chi connectivity index (χ1n) is 8.54. The lowest BCUT2D eigenvalue weighted by Crippen LogP contribution is -2.46. The molecule has 2 rings (SSSR count). The normalized spacial score (nSPS) is 12.1. The van der Waals surface area contributed by atoms with Gasteiger partial charge in [0.05, 0.1) is 6.33 Å². The number of nitrogens with zero attached hydrogens (tertiary/aromatic N) is 1. The topological polar surface area (TPSA) is 113 Å². The van der Waals surface area contributed by atoms with Crippen molar-refractivity contribution in [1.29, 1.82) is 0 Å². The molecule has 0 radical (unpaired) electrons. The fourth-order valence-electron chi connectivity index (χ4n) is 2.41. The number of benzene rings is 1. The van der Waals surface area contributed by atoms with Crippen LogP contribution in [0, 0.1) is 0 Å². The molecule has 8 heteroatoms. The van der Waals surface area contributed by atoms with Gasteiger partial charge in [-0.25, -0.2) is 9.78 Å². The van der Waals surface area contributed by atoms with E-state index in [1.54, 1.807) is 20.8 Å². The number of nitrogens with one attached hydrogen (secondary N) is 3. The quantitative estimate of drug-likeness (QED) is 0.664. The number of imidazole rings is 1. The third-order valence-corrected chi connectivity index (χ3v) is 3.59. The number of aromatic amines is 1. The Balaban J connectivity index is 2.23. The average molecular weight is 372 g/mol. The molecule has 1 aromatic heterocycles. The van der Waals surface area contributed by atoms with E-state index in [9.17, 15) is 14.4 Å². The van der Waals surface area contributed by atoms with Crippen molar-refractivity contribution in [3.8, 4) is 0 Å². The van der Waals surface area contributed by atoms with Crippen molar-refractivity contribution in [2.24, 2.45) is 0 Å². The Kier molecular flexibility index (Phi) is 6.33. The fourth-order valence-corrected chi connectivity index (χ4v) is 2.41. The number of esters is 1. The van der Waals surface area contributed by atoms with Gasteiger partial charge in [0, 0.05) is 13.5 Å². The van der Waals surface area contributed by atoms with Crippen LogP contribution >= 0.6 is 0 Å². The second kappa shape index (κ2) is 8.48. The van der Waals surface area contributed by atoms with E-state index in [4.69, 9.17) is 4.74 Å². The van der Waals surface area contributed by atoms with Crippen LogP contribution in [0.1, 0.15) is 47.3 Å². The van der Waals surface area contributed by atoms with E-state index >= 15 is 0 Å². The Morgan fingerprint density at radius 1 is 1.15 bits per heavy atom. The summed E-state index contributed by atoms with van der Waals surface area (Å²) in [5, 5.41) is 5.06. The Morgan fingerprint density at radius 3 is 2.41 bits per heavy atom. The van der Waals surface area contributed by atoms with Gasteiger partial charge < -0.3 is 20.4 Å². The Morgan fingerprint density at radius 2 is 1.81 bits per heavy atom. The highest BCUT2D eigenvalue weighted by molar-refractivity contribution is 6.05. The maximum absolute atomic E-state index is 12.6. The summed E-state index contributed by atoms with van der Waals surface area (Å²) in [7, 11) is 1.45. The van der Waals surface area contributed by atoms with Gasteiger partial charge in [0.25, 0.3) is 11.8 Å². The highest BCUT2D eigenvalue weighted by Crippen LogP contribution is 2.12. The third kappa shape index (κ3) is 5.67. The first-order valence-corrected chi connectivity index (χ1v) is 8.54. The molecule has 0 spiro atoms. The van der Waals surface area contributed by atoms with Crippen LogP contribution in [0.15, 0.2) is 36.7 Å². The Labute approximate surface area is 157 Å². The molecule has 0 bridgehead atoms. The van der Waals surface area contributed by atoms with E-state index in [0.717, 1.165) is 5.56 Å². The van der Waals surface area contributed by atoms with Gasteiger partial charge in [-0.1, -0.05) is 30.3 Å². The van der Waals surface area contributed by atoms with Crippen molar-refractivity contribution in [3.05, 3.63) is 53.6 Å². The molecule has 0 saturated heterocycles. The zero-order valence-corrected chi connectivity index (χ0v) is 15.8. The summed E-state index contributed by atoms with van der Waals surface area (Å²) in [4.78, 5) is 43.6. The van der Waals surface area contributed by atoms with Crippen LogP contribution < -0.4 is 10.6 Å². The average Bonchev–Trinajstić information content (AvgIpc) is 3.09. The lowest BCUT2D eigenvalue weighted by molar-refractivity contribution is -0.157. The lowest BCUT2D eigenvalue weighted by Gasteiger charge is -2.24. The van der Waals surface area contributed by atoms with Crippen LogP contribution in [-0.2, 0) is 16.0 Å². The zero-order valence-electron chi connectivity index (χ0n) is 15.8. The van der Waals surface area contributed by atoms with Gasteiger partial charge in [-0.3, -0.25) is 9.59 Å². The molecule has 2 aromatic rings. The number of rotatable bonds is 6. The second-order valence-electron chi connectivity index (χ2n) is 6.95. The Hall–Kier alpha value is -3.16. The second-order valence-corrected chi connectivity index (χ2v) is 6.95. The summed E-state index contributed by atoms with van der Waals surface area (Å²) in [6.07, 6.45) is 1.50. The molecule has 3 N–H and O–H groups in total. The molecule has 0 aliphatic rings. The van der Waals surface area contributed by atoms with Gasteiger partial charge in [0.15, 0.2) is 5.69 Å². The van der Waals surface area contributed by atoms with E-state index in [-0.39, 0.29) is 17.8 Å². The minimum Gasteiger partial charge on any atom is -0.458 e. The molecule has 2 amide bonds. The molecule has 144 valence electrons. The first-order chi connectivity index (χ1) is 12.7. The number of hydrogen-bond acceptors (Lipinski definition) is 5. The molecule has 1 heterocycles. The van der Waals surface area contributed by atoms with Crippen molar-refractivity contribution in [1.82, 2.24) is 20.6 Å². The lowest BCUT2D eigenvalue weighted by atomic mass is 10.1. The largest absolute Gasteiger partial charge is 0.458 e. The van der Waals surface area contributed by atoms with E-state index in [1.807, 2.05) is 30.3 Å². The van der Waals surface area contributed by atoms with Crippen LogP contribution in [0.2, 0.25) is 0 Å². The van der Waals surface area contributed by atoms with Gasteiger partial charge in [-0.2, -0.15) is 0 Å². The molecule has 1 aromatic carbocycles. The van der Waals surface area contributed by atoms with Gasteiger partial charge in [-0.15, -0.1) is 0 Å². The monoisotopic (exact) mass is 372 g/mol. The minimum atomic E-state index is -0.923. The van der Waals surface area contributed by atoms with Crippen LogP contribution in [0.4, 0.5) is 0 Å². The molecule has 1 atom stereocenters. The highest BCUT2D eigenvalue weighted by Gasteiger charge is 2.29. The minimum absolute atomic E-state index is 0.0256. The standard InChI is InChI=1S/C19H24N4O4/c1-19(2,3)27-18(26)13(10-12-8-6-5-7-9-12)23-17(25)15-14(16(24)20-4)21-11-22-15/h5-9,11,13H,10H2,1-4H3,(H,20,24)(H,21,22)(H,23,25)/t13-/m0/s1. The maximum Gasteiger partial charge on any atom is 0.329 e. The molecule has 0 saturated carbocycles. The summed E-state index contributed by atoms with van der Waals surface area (Å²) in [6, 6.07) is 8.35. The number of carbonyl (C=O) groups excluding carboxylic acids is 3. The maximum atomic E-state index is 12.6. The van der Waals surface area contributed by atoms with Crippen molar-refractivity contribution >= 4 is 17.8 Å². The molecule has 0 unspecified atom stereocenters. The van der Waals surface area contributed by atoms with Gasteiger partial charge in [-0.05, 0) is 26.3 Å². The van der Waals surface area contributed by atoms with Crippen LogP contribution in [0.3, 0.4) is 0 Å². The molecule has 0 aliphatic heterocycles. The fraction of sp³-hybridized carbons (Fsp3) is 0.368.